The van der Waals surface area contributed by atoms with E-state index in [9.17, 15) is 4.79 Å². The van der Waals surface area contributed by atoms with Gasteiger partial charge in [0.05, 0.1) is 27.6 Å². The topological polar surface area (TPSA) is 69.9 Å². The molecule has 1 amide bonds. The SMILES string of the molecule is COc1ccc(-c2coc3cc(OC)c(/C(C)=C/C(=O)NCCCc4ccccc4)cc23)cc1OC. The van der Waals surface area contributed by atoms with E-state index in [-0.39, 0.29) is 5.91 Å². The van der Waals surface area contributed by atoms with Crippen LogP contribution in [0.25, 0.3) is 27.7 Å². The van der Waals surface area contributed by atoms with Crippen LogP contribution >= 0.6 is 0 Å². The van der Waals surface area contributed by atoms with Gasteiger partial charge in [-0.25, -0.2) is 0 Å². The van der Waals surface area contributed by atoms with Crippen LogP contribution in [0.1, 0.15) is 24.5 Å². The molecule has 0 aliphatic heterocycles. The first-order chi connectivity index (χ1) is 17.5. The van der Waals surface area contributed by atoms with Crippen LogP contribution in [0, 0.1) is 0 Å². The first-order valence-electron chi connectivity index (χ1n) is 11.9. The highest BCUT2D eigenvalue weighted by molar-refractivity contribution is 6.00. The third-order valence-electron chi connectivity index (χ3n) is 6.15. The van der Waals surface area contributed by atoms with Crippen molar-refractivity contribution >= 4 is 22.4 Å². The van der Waals surface area contributed by atoms with Crippen molar-refractivity contribution in [3.8, 4) is 28.4 Å². The monoisotopic (exact) mass is 485 g/mol. The quantitative estimate of drug-likeness (QED) is 0.212. The number of hydrogen-bond acceptors (Lipinski definition) is 5. The summed E-state index contributed by atoms with van der Waals surface area (Å²) in [4.78, 5) is 12.6. The third kappa shape index (κ3) is 5.54. The number of aryl methyl sites for hydroxylation is 1. The first kappa shape index (κ1) is 24.9. The smallest absolute Gasteiger partial charge is 0.244 e. The molecular weight excluding hydrogens is 454 g/mol. The van der Waals surface area contributed by atoms with Crippen molar-refractivity contribution in [2.24, 2.45) is 0 Å². The van der Waals surface area contributed by atoms with Gasteiger partial charge in [0.2, 0.25) is 5.91 Å². The Morgan fingerprint density at radius 3 is 2.39 bits per heavy atom. The van der Waals surface area contributed by atoms with Gasteiger partial charge in [0.1, 0.15) is 11.3 Å². The highest BCUT2D eigenvalue weighted by Gasteiger charge is 2.16. The number of amides is 1. The number of methoxy groups -OCH3 is 3. The molecule has 6 nitrogen and oxygen atoms in total. The van der Waals surface area contributed by atoms with Gasteiger partial charge in [-0.2, -0.15) is 0 Å². The molecule has 0 radical (unpaired) electrons. The largest absolute Gasteiger partial charge is 0.496 e. The zero-order valence-electron chi connectivity index (χ0n) is 21.1. The van der Waals surface area contributed by atoms with Crippen molar-refractivity contribution in [1.29, 1.82) is 0 Å². The van der Waals surface area contributed by atoms with Crippen molar-refractivity contribution in [1.82, 2.24) is 5.32 Å². The maximum Gasteiger partial charge on any atom is 0.244 e. The van der Waals surface area contributed by atoms with E-state index in [0.29, 0.717) is 29.4 Å². The minimum absolute atomic E-state index is 0.130. The molecule has 0 aliphatic rings. The van der Waals surface area contributed by atoms with Crippen molar-refractivity contribution in [2.45, 2.75) is 19.8 Å². The lowest BCUT2D eigenvalue weighted by molar-refractivity contribution is -0.116. The second-order valence-corrected chi connectivity index (χ2v) is 8.48. The van der Waals surface area contributed by atoms with Gasteiger partial charge < -0.3 is 23.9 Å². The minimum atomic E-state index is -0.130. The van der Waals surface area contributed by atoms with E-state index in [1.807, 2.05) is 55.5 Å². The van der Waals surface area contributed by atoms with Crippen LogP contribution in [0.2, 0.25) is 0 Å². The number of fused-ring (bicyclic) bond motifs is 1. The number of hydrogen-bond donors (Lipinski definition) is 1. The van der Waals surface area contributed by atoms with Crippen LogP contribution in [0.15, 0.2) is 77.4 Å². The summed E-state index contributed by atoms with van der Waals surface area (Å²) in [6, 6.07) is 19.8. The number of ether oxygens (including phenoxy) is 3. The van der Waals surface area contributed by atoms with Crippen LogP contribution in [0.4, 0.5) is 0 Å². The van der Waals surface area contributed by atoms with E-state index in [4.69, 9.17) is 18.6 Å². The maximum atomic E-state index is 12.6. The lowest BCUT2D eigenvalue weighted by Gasteiger charge is -2.11. The fraction of sp³-hybridized carbons (Fsp3) is 0.233. The fourth-order valence-corrected chi connectivity index (χ4v) is 4.23. The molecule has 0 saturated carbocycles. The number of nitrogens with one attached hydrogen (secondary N) is 1. The van der Waals surface area contributed by atoms with E-state index in [2.05, 4.69) is 17.4 Å². The van der Waals surface area contributed by atoms with E-state index in [0.717, 1.165) is 40.5 Å². The molecule has 3 aromatic carbocycles. The van der Waals surface area contributed by atoms with Gasteiger partial charge in [0.25, 0.3) is 0 Å². The predicted molar refractivity (Wildman–Crippen MR) is 143 cm³/mol. The Kier molecular flexibility index (Phi) is 7.95. The van der Waals surface area contributed by atoms with Crippen LogP contribution in [0.3, 0.4) is 0 Å². The van der Waals surface area contributed by atoms with E-state index in [1.54, 1.807) is 33.7 Å². The molecule has 0 atom stereocenters. The van der Waals surface area contributed by atoms with Crippen LogP contribution < -0.4 is 19.5 Å². The summed E-state index contributed by atoms with van der Waals surface area (Å²) in [6.45, 7) is 2.52. The van der Waals surface area contributed by atoms with Gasteiger partial charge >= 0.3 is 0 Å². The Bertz CT molecular complexity index is 1370. The zero-order chi connectivity index (χ0) is 25.5. The van der Waals surface area contributed by atoms with Gasteiger partial charge in [-0.05, 0) is 54.7 Å². The van der Waals surface area contributed by atoms with Crippen molar-refractivity contribution < 1.29 is 23.4 Å². The normalized spacial score (nSPS) is 11.4. The minimum Gasteiger partial charge on any atom is -0.496 e. The molecule has 0 saturated heterocycles. The molecule has 1 heterocycles. The molecule has 36 heavy (non-hydrogen) atoms. The summed E-state index contributed by atoms with van der Waals surface area (Å²) in [5.41, 5.74) is 5.43. The van der Waals surface area contributed by atoms with Crippen molar-refractivity contribution in [2.75, 3.05) is 27.9 Å². The molecule has 0 spiro atoms. The van der Waals surface area contributed by atoms with Gasteiger partial charge in [0, 0.05) is 35.2 Å². The molecule has 1 aromatic heterocycles. The third-order valence-corrected chi connectivity index (χ3v) is 6.15. The maximum absolute atomic E-state index is 12.6. The molecule has 6 heteroatoms. The Balaban J connectivity index is 1.55. The van der Waals surface area contributed by atoms with E-state index >= 15 is 0 Å². The fourth-order valence-electron chi connectivity index (χ4n) is 4.23. The van der Waals surface area contributed by atoms with E-state index < -0.39 is 0 Å². The summed E-state index contributed by atoms with van der Waals surface area (Å²) in [6.07, 6.45) is 5.13. The average molecular weight is 486 g/mol. The Hall–Kier alpha value is -4.19. The number of rotatable bonds is 10. The van der Waals surface area contributed by atoms with Gasteiger partial charge in [-0.1, -0.05) is 36.4 Å². The molecule has 0 fully saturated rings. The first-order valence-corrected chi connectivity index (χ1v) is 11.9. The number of furan rings is 1. The summed E-state index contributed by atoms with van der Waals surface area (Å²) in [5.74, 6) is 1.81. The molecular formula is C30H31NO5. The van der Waals surface area contributed by atoms with Crippen LogP contribution in [0.5, 0.6) is 17.2 Å². The standard InChI is InChI=1S/C30H31NO5/c1-20(15-30(32)31-14-8-11-21-9-6-5-7-10-21)23-17-24-25(19-36-28(24)18-27(23)34-3)22-12-13-26(33-2)29(16-22)35-4/h5-7,9-10,12-13,15-19H,8,11,14H2,1-4H3,(H,31,32)/b20-15+. The van der Waals surface area contributed by atoms with Crippen molar-refractivity contribution in [3.63, 3.8) is 0 Å². The molecule has 1 N–H and O–H groups in total. The molecule has 0 bridgehead atoms. The molecule has 4 aromatic rings. The lowest BCUT2D eigenvalue weighted by Crippen LogP contribution is -2.22. The second-order valence-electron chi connectivity index (χ2n) is 8.48. The van der Waals surface area contributed by atoms with Gasteiger partial charge in [-0.3, -0.25) is 4.79 Å². The van der Waals surface area contributed by atoms with Gasteiger partial charge in [0.15, 0.2) is 11.5 Å². The average Bonchev–Trinajstić information content (AvgIpc) is 3.33. The summed E-state index contributed by atoms with van der Waals surface area (Å²) in [5, 5.41) is 3.89. The van der Waals surface area contributed by atoms with Crippen LogP contribution in [-0.4, -0.2) is 33.8 Å². The predicted octanol–water partition coefficient (Wildman–Crippen LogP) is 6.28. The number of benzene rings is 3. The second kappa shape index (κ2) is 11.5. The molecule has 0 unspecified atom stereocenters. The van der Waals surface area contributed by atoms with E-state index in [1.165, 1.54) is 5.56 Å². The number of carbonyl (C=O) groups is 1. The highest BCUT2D eigenvalue weighted by Crippen LogP contribution is 2.39. The number of carbonyl (C=O) groups excluding carboxylic acids is 1. The Morgan fingerprint density at radius 2 is 1.67 bits per heavy atom. The zero-order valence-corrected chi connectivity index (χ0v) is 21.1. The van der Waals surface area contributed by atoms with Crippen molar-refractivity contribution in [3.05, 3.63) is 84.1 Å². The highest BCUT2D eigenvalue weighted by atomic mass is 16.5. The Labute approximate surface area is 211 Å². The number of allylic oxidation sites excluding steroid dienone is 1. The molecule has 186 valence electrons. The van der Waals surface area contributed by atoms with Gasteiger partial charge in [-0.15, -0.1) is 0 Å². The lowest BCUT2D eigenvalue weighted by atomic mass is 9.99. The molecule has 0 aliphatic carbocycles. The summed E-state index contributed by atoms with van der Waals surface area (Å²) < 4.78 is 22.3. The molecule has 4 rings (SSSR count). The van der Waals surface area contributed by atoms with Crippen LogP contribution in [-0.2, 0) is 11.2 Å². The summed E-state index contributed by atoms with van der Waals surface area (Å²) >= 11 is 0. The Morgan fingerprint density at radius 1 is 0.917 bits per heavy atom. The summed E-state index contributed by atoms with van der Waals surface area (Å²) in [7, 11) is 4.83.